The van der Waals surface area contributed by atoms with Crippen molar-refractivity contribution in [3.05, 3.63) is 22.6 Å². The summed E-state index contributed by atoms with van der Waals surface area (Å²) in [5.74, 6) is -0.799. The van der Waals surface area contributed by atoms with Crippen molar-refractivity contribution in [1.82, 2.24) is 15.2 Å². The van der Waals surface area contributed by atoms with E-state index in [0.29, 0.717) is 19.5 Å². The number of hydrogen-bond acceptors (Lipinski definition) is 6. The van der Waals surface area contributed by atoms with Crippen molar-refractivity contribution in [3.8, 4) is 5.88 Å². The highest BCUT2D eigenvalue weighted by Gasteiger charge is 2.36. The van der Waals surface area contributed by atoms with E-state index < -0.39 is 29.3 Å². The zero-order valence-corrected chi connectivity index (χ0v) is 18.4. The molecule has 1 unspecified atom stereocenters. The summed E-state index contributed by atoms with van der Waals surface area (Å²) in [5.41, 5.74) is -1.48. The van der Waals surface area contributed by atoms with E-state index in [1.165, 1.54) is 12.4 Å². The monoisotopic (exact) mass is 459 g/mol. The molecule has 0 radical (unpaired) electrons. The fraction of sp³-hybridized carbons (Fsp3) is 0.550. The van der Waals surface area contributed by atoms with Crippen molar-refractivity contribution < 1.29 is 32.2 Å². The molecule has 7 nitrogen and oxygen atoms in total. The normalized spacial score (nSPS) is 17.1. The molecule has 31 heavy (non-hydrogen) atoms. The summed E-state index contributed by atoms with van der Waals surface area (Å²) in [6.45, 7) is 6.28. The van der Waals surface area contributed by atoms with Gasteiger partial charge in [0, 0.05) is 37.5 Å². The van der Waals surface area contributed by atoms with Gasteiger partial charge in [-0.15, -0.1) is 11.3 Å². The molecule has 1 atom stereocenters. The van der Waals surface area contributed by atoms with Crippen LogP contribution < -0.4 is 10.1 Å². The zero-order valence-electron chi connectivity index (χ0n) is 17.6. The number of carbonyl (C=O) groups is 2. The Morgan fingerprint density at radius 3 is 2.65 bits per heavy atom. The van der Waals surface area contributed by atoms with E-state index in [1.807, 2.05) is 0 Å². The van der Waals surface area contributed by atoms with Crippen LogP contribution in [0.4, 0.5) is 18.0 Å². The largest absolute Gasteiger partial charge is 0.477 e. The van der Waals surface area contributed by atoms with Gasteiger partial charge in [-0.1, -0.05) is 0 Å². The van der Waals surface area contributed by atoms with Crippen LogP contribution in [0.5, 0.6) is 5.88 Å². The third-order valence-electron chi connectivity index (χ3n) is 4.68. The van der Waals surface area contributed by atoms with Crippen molar-refractivity contribution in [2.45, 2.75) is 39.0 Å². The Labute approximate surface area is 181 Å². The maximum absolute atomic E-state index is 13.6. The molecule has 170 valence electrons. The number of ether oxygens (including phenoxy) is 2. The van der Waals surface area contributed by atoms with Gasteiger partial charge in [-0.25, -0.2) is 9.78 Å². The summed E-state index contributed by atoms with van der Waals surface area (Å²) in [6.07, 6.45) is -4.41. The SMILES string of the molecule is CNC(=O)c1csc2c(C(F)(F)F)cc(OCC3CCN(C(=O)OC(C)(C)C)C3)nc12. The van der Waals surface area contributed by atoms with E-state index in [-0.39, 0.29) is 34.2 Å². The second-order valence-corrected chi connectivity index (χ2v) is 9.18. The van der Waals surface area contributed by atoms with E-state index in [2.05, 4.69) is 10.3 Å². The first-order valence-corrected chi connectivity index (χ1v) is 10.6. The van der Waals surface area contributed by atoms with Crippen LogP contribution in [0, 0.1) is 5.92 Å². The number of thiophene rings is 1. The van der Waals surface area contributed by atoms with Gasteiger partial charge in [-0.3, -0.25) is 4.79 Å². The number of carbonyl (C=O) groups excluding carboxylic acids is 2. The lowest BCUT2D eigenvalue weighted by Crippen LogP contribution is -2.35. The fourth-order valence-electron chi connectivity index (χ4n) is 3.23. The number of rotatable bonds is 4. The molecule has 1 fully saturated rings. The minimum atomic E-state index is -4.62. The number of hydrogen-bond donors (Lipinski definition) is 1. The van der Waals surface area contributed by atoms with Crippen LogP contribution in [-0.2, 0) is 10.9 Å². The van der Waals surface area contributed by atoms with Gasteiger partial charge in [0.05, 0.1) is 28.0 Å². The first kappa shape index (κ1) is 23.1. The fourth-order valence-corrected chi connectivity index (χ4v) is 4.25. The molecule has 3 heterocycles. The number of halogens is 3. The number of pyridine rings is 1. The van der Waals surface area contributed by atoms with Crippen LogP contribution in [0.25, 0.3) is 10.2 Å². The third-order valence-corrected chi connectivity index (χ3v) is 5.68. The molecule has 3 rings (SSSR count). The molecular weight excluding hydrogens is 435 g/mol. The molecule has 2 amide bonds. The first-order chi connectivity index (χ1) is 14.4. The Kier molecular flexibility index (Phi) is 6.35. The molecule has 11 heteroatoms. The average molecular weight is 459 g/mol. The number of amides is 2. The van der Waals surface area contributed by atoms with Crippen LogP contribution in [-0.4, -0.2) is 54.2 Å². The number of nitrogens with zero attached hydrogens (tertiary/aromatic N) is 2. The van der Waals surface area contributed by atoms with Crippen LogP contribution in [0.15, 0.2) is 11.4 Å². The molecule has 0 aromatic carbocycles. The number of fused-ring (bicyclic) bond motifs is 1. The van der Waals surface area contributed by atoms with Gasteiger partial charge < -0.3 is 19.7 Å². The van der Waals surface area contributed by atoms with E-state index in [9.17, 15) is 22.8 Å². The minimum Gasteiger partial charge on any atom is -0.477 e. The molecule has 2 aromatic heterocycles. The number of nitrogens with one attached hydrogen (secondary N) is 1. The lowest BCUT2D eigenvalue weighted by atomic mass is 10.1. The third kappa shape index (κ3) is 5.38. The van der Waals surface area contributed by atoms with Crippen molar-refractivity contribution in [2.75, 3.05) is 26.7 Å². The lowest BCUT2D eigenvalue weighted by Gasteiger charge is -2.24. The number of alkyl halides is 3. The maximum atomic E-state index is 13.6. The Balaban J connectivity index is 1.76. The van der Waals surface area contributed by atoms with Crippen molar-refractivity contribution in [2.24, 2.45) is 5.92 Å². The molecule has 2 aromatic rings. The van der Waals surface area contributed by atoms with Crippen LogP contribution >= 0.6 is 11.3 Å². The van der Waals surface area contributed by atoms with Gasteiger partial charge in [-0.05, 0) is 27.2 Å². The van der Waals surface area contributed by atoms with E-state index in [1.54, 1.807) is 25.7 Å². The van der Waals surface area contributed by atoms with Gasteiger partial charge in [0.2, 0.25) is 5.88 Å². The number of aromatic nitrogens is 1. The van der Waals surface area contributed by atoms with Gasteiger partial charge >= 0.3 is 12.3 Å². The second-order valence-electron chi connectivity index (χ2n) is 8.30. The second kappa shape index (κ2) is 8.52. The molecule has 1 aliphatic rings. The van der Waals surface area contributed by atoms with Gasteiger partial charge in [0.25, 0.3) is 5.91 Å². The molecule has 0 aliphatic carbocycles. The number of likely N-dealkylation sites (tertiary alicyclic amines) is 1. The lowest BCUT2D eigenvalue weighted by molar-refractivity contribution is -0.136. The van der Waals surface area contributed by atoms with Crippen molar-refractivity contribution in [1.29, 1.82) is 0 Å². The standard InChI is InChI=1S/C20H24F3N3O4S/c1-19(2,3)30-18(28)26-6-5-11(8-26)9-29-14-7-13(20(21,22)23)16-15(25-14)12(10-31-16)17(27)24-4/h7,10-11H,5-6,8-9H2,1-4H3,(H,24,27). The summed E-state index contributed by atoms with van der Waals surface area (Å²) in [5, 5.41) is 3.75. The minimum absolute atomic E-state index is 0.0454. The molecule has 1 saturated heterocycles. The van der Waals surface area contributed by atoms with Crippen molar-refractivity contribution >= 4 is 33.6 Å². The van der Waals surface area contributed by atoms with Gasteiger partial charge in [0.1, 0.15) is 5.60 Å². The summed E-state index contributed by atoms with van der Waals surface area (Å²) >= 11 is 0.814. The molecule has 1 N–H and O–H groups in total. The van der Waals surface area contributed by atoms with Gasteiger partial charge in [0.15, 0.2) is 0 Å². The highest BCUT2D eigenvalue weighted by Crippen LogP contribution is 2.40. The Morgan fingerprint density at radius 1 is 1.32 bits per heavy atom. The zero-order chi connectivity index (χ0) is 23.0. The topological polar surface area (TPSA) is 80.8 Å². The van der Waals surface area contributed by atoms with Crippen molar-refractivity contribution in [3.63, 3.8) is 0 Å². The maximum Gasteiger partial charge on any atom is 0.418 e. The van der Waals surface area contributed by atoms with Crippen LogP contribution in [0.2, 0.25) is 0 Å². The summed E-state index contributed by atoms with van der Waals surface area (Å²) in [7, 11) is 1.40. The molecule has 0 bridgehead atoms. The Morgan fingerprint density at radius 2 is 2.03 bits per heavy atom. The predicted molar refractivity (Wildman–Crippen MR) is 109 cm³/mol. The van der Waals surface area contributed by atoms with E-state index in [4.69, 9.17) is 9.47 Å². The van der Waals surface area contributed by atoms with E-state index in [0.717, 1.165) is 17.4 Å². The Bertz CT molecular complexity index is 984. The molecular formula is C20H24F3N3O4S. The highest BCUT2D eigenvalue weighted by atomic mass is 32.1. The summed E-state index contributed by atoms with van der Waals surface area (Å²) in [6, 6.07) is 0.854. The molecule has 0 spiro atoms. The van der Waals surface area contributed by atoms with Gasteiger partial charge in [-0.2, -0.15) is 13.2 Å². The Hall–Kier alpha value is -2.56. The smallest absolute Gasteiger partial charge is 0.418 e. The summed E-state index contributed by atoms with van der Waals surface area (Å²) in [4.78, 5) is 29.9. The van der Waals surface area contributed by atoms with E-state index >= 15 is 0 Å². The quantitative estimate of drug-likeness (QED) is 0.737. The molecule has 1 aliphatic heterocycles. The summed E-state index contributed by atoms with van der Waals surface area (Å²) < 4.78 is 51.5. The van der Waals surface area contributed by atoms with Crippen LogP contribution in [0.1, 0.15) is 43.1 Å². The predicted octanol–water partition coefficient (Wildman–Crippen LogP) is 4.31. The first-order valence-electron chi connectivity index (χ1n) is 9.71. The average Bonchev–Trinajstić information content (AvgIpc) is 3.30. The molecule has 0 saturated carbocycles. The highest BCUT2D eigenvalue weighted by molar-refractivity contribution is 7.17. The van der Waals surface area contributed by atoms with Crippen LogP contribution in [0.3, 0.4) is 0 Å².